The maximum atomic E-state index is 12.5. The molecule has 128 valence electrons. The van der Waals surface area contributed by atoms with Gasteiger partial charge in [-0.2, -0.15) is 5.10 Å². The van der Waals surface area contributed by atoms with Crippen molar-refractivity contribution >= 4 is 11.6 Å². The highest BCUT2D eigenvalue weighted by Gasteiger charge is 2.13. The Kier molecular flexibility index (Phi) is 4.99. The molecule has 0 saturated carbocycles. The highest BCUT2D eigenvalue weighted by molar-refractivity contribution is 6.06. The third kappa shape index (κ3) is 3.98. The summed E-state index contributed by atoms with van der Waals surface area (Å²) in [6.45, 7) is 0.688. The monoisotopic (exact) mass is 337 g/mol. The summed E-state index contributed by atoms with van der Waals surface area (Å²) in [6, 6.07) is 14.6. The van der Waals surface area contributed by atoms with Gasteiger partial charge in [0.2, 0.25) is 0 Å². The number of benzene rings is 2. The van der Waals surface area contributed by atoms with Gasteiger partial charge >= 0.3 is 0 Å². The normalized spacial score (nSPS) is 10.3. The number of ether oxygens (including phenoxy) is 2. The molecule has 2 aromatic carbocycles. The van der Waals surface area contributed by atoms with Gasteiger partial charge in [-0.25, -0.2) is 0 Å². The zero-order valence-corrected chi connectivity index (χ0v) is 14.1. The molecule has 0 fully saturated rings. The summed E-state index contributed by atoms with van der Waals surface area (Å²) < 4.78 is 12.3. The molecule has 25 heavy (non-hydrogen) atoms. The van der Waals surface area contributed by atoms with Crippen LogP contribution in [0, 0.1) is 0 Å². The van der Waals surface area contributed by atoms with Crippen molar-refractivity contribution < 1.29 is 14.3 Å². The third-order valence-corrected chi connectivity index (χ3v) is 3.77. The molecule has 0 aliphatic carbocycles. The number of carbonyl (C=O) groups excluding carboxylic acids is 1. The Labute approximate surface area is 146 Å². The first-order chi connectivity index (χ1) is 12.2. The van der Waals surface area contributed by atoms with Crippen molar-refractivity contribution in [1.29, 1.82) is 0 Å². The third-order valence-electron chi connectivity index (χ3n) is 3.77. The van der Waals surface area contributed by atoms with Crippen molar-refractivity contribution in [3.05, 3.63) is 72.1 Å². The zero-order chi connectivity index (χ0) is 17.6. The minimum absolute atomic E-state index is 0.237. The van der Waals surface area contributed by atoms with Gasteiger partial charge in [0.1, 0.15) is 11.5 Å². The molecule has 6 heteroatoms. The van der Waals surface area contributed by atoms with Crippen molar-refractivity contribution in [2.24, 2.45) is 0 Å². The van der Waals surface area contributed by atoms with Gasteiger partial charge in [-0.05, 0) is 35.9 Å². The molecule has 6 nitrogen and oxygen atoms in total. The summed E-state index contributed by atoms with van der Waals surface area (Å²) in [5, 5.41) is 7.05. The first-order valence-corrected chi connectivity index (χ1v) is 7.79. The van der Waals surface area contributed by atoms with Crippen LogP contribution in [0.3, 0.4) is 0 Å². The minimum Gasteiger partial charge on any atom is -0.497 e. The van der Waals surface area contributed by atoms with Gasteiger partial charge in [0.15, 0.2) is 0 Å². The van der Waals surface area contributed by atoms with Gasteiger partial charge in [0.25, 0.3) is 5.91 Å². The quantitative estimate of drug-likeness (QED) is 0.750. The molecule has 3 rings (SSSR count). The fourth-order valence-electron chi connectivity index (χ4n) is 2.46. The maximum Gasteiger partial charge on any atom is 0.259 e. The highest BCUT2D eigenvalue weighted by atomic mass is 16.5. The molecule has 0 radical (unpaired) electrons. The number of nitrogens with zero attached hydrogens (tertiary/aromatic N) is 2. The van der Waals surface area contributed by atoms with Crippen LogP contribution in [0.2, 0.25) is 0 Å². The molecule has 1 N–H and O–H groups in total. The lowest BCUT2D eigenvalue weighted by molar-refractivity contribution is 0.102. The molecule has 1 heterocycles. The van der Waals surface area contributed by atoms with E-state index < -0.39 is 0 Å². The van der Waals surface area contributed by atoms with Gasteiger partial charge in [0.05, 0.1) is 26.3 Å². The first-order valence-electron chi connectivity index (χ1n) is 7.79. The van der Waals surface area contributed by atoms with E-state index in [-0.39, 0.29) is 5.91 Å². The molecule has 0 aliphatic heterocycles. The lowest BCUT2D eigenvalue weighted by atomic mass is 10.1. The van der Waals surface area contributed by atoms with Crippen molar-refractivity contribution in [1.82, 2.24) is 9.78 Å². The number of rotatable bonds is 6. The summed E-state index contributed by atoms with van der Waals surface area (Å²) in [5.41, 5.74) is 2.26. The number of hydrogen-bond acceptors (Lipinski definition) is 4. The van der Waals surface area contributed by atoms with E-state index in [1.165, 1.54) is 7.11 Å². The molecule has 3 aromatic rings. The van der Waals surface area contributed by atoms with Gasteiger partial charge in [-0.3, -0.25) is 9.48 Å². The second-order valence-electron chi connectivity index (χ2n) is 5.42. The number of anilines is 1. The van der Waals surface area contributed by atoms with Crippen molar-refractivity contribution in [3.63, 3.8) is 0 Å². The predicted octanol–water partition coefficient (Wildman–Crippen LogP) is 3.20. The van der Waals surface area contributed by atoms with E-state index in [9.17, 15) is 4.79 Å². The van der Waals surface area contributed by atoms with Crippen LogP contribution in [-0.4, -0.2) is 29.9 Å². The van der Waals surface area contributed by atoms with Crippen LogP contribution in [0.15, 0.2) is 60.9 Å². The number of nitrogens with one attached hydrogen (secondary N) is 1. The van der Waals surface area contributed by atoms with Crippen molar-refractivity contribution in [2.45, 2.75) is 6.54 Å². The number of methoxy groups -OCH3 is 2. The fourth-order valence-corrected chi connectivity index (χ4v) is 2.46. The van der Waals surface area contributed by atoms with E-state index >= 15 is 0 Å². The Hall–Kier alpha value is -3.28. The number of aromatic nitrogens is 2. The largest absolute Gasteiger partial charge is 0.497 e. The molecule has 0 saturated heterocycles. The zero-order valence-electron chi connectivity index (χ0n) is 14.1. The SMILES string of the molecule is COc1ccc(C(=O)Nc2ccc(Cn3cccn3)cc2)c(OC)c1. The van der Waals surface area contributed by atoms with Gasteiger partial charge < -0.3 is 14.8 Å². The second-order valence-corrected chi connectivity index (χ2v) is 5.42. The molecular weight excluding hydrogens is 318 g/mol. The Bertz CT molecular complexity index is 843. The number of carbonyl (C=O) groups is 1. The van der Waals surface area contributed by atoms with E-state index in [4.69, 9.17) is 9.47 Å². The second kappa shape index (κ2) is 7.53. The van der Waals surface area contributed by atoms with Crippen LogP contribution in [0.1, 0.15) is 15.9 Å². The molecule has 1 amide bonds. The van der Waals surface area contributed by atoms with Crippen LogP contribution >= 0.6 is 0 Å². The van der Waals surface area contributed by atoms with Crippen molar-refractivity contribution in [2.75, 3.05) is 19.5 Å². The summed E-state index contributed by atoms with van der Waals surface area (Å²) in [5.74, 6) is 0.864. The van der Waals surface area contributed by atoms with Gasteiger partial charge in [-0.15, -0.1) is 0 Å². The maximum absolute atomic E-state index is 12.5. The van der Waals surface area contributed by atoms with E-state index in [0.29, 0.717) is 29.3 Å². The molecule has 1 aromatic heterocycles. The van der Waals surface area contributed by atoms with E-state index in [1.54, 1.807) is 31.5 Å². The first kappa shape index (κ1) is 16.6. The average Bonchev–Trinajstić information content (AvgIpc) is 3.15. The fraction of sp³-hybridized carbons (Fsp3) is 0.158. The van der Waals surface area contributed by atoms with E-state index in [2.05, 4.69) is 10.4 Å². The Morgan fingerprint density at radius 3 is 2.56 bits per heavy atom. The Balaban J connectivity index is 1.70. The Morgan fingerprint density at radius 2 is 1.92 bits per heavy atom. The van der Waals surface area contributed by atoms with E-state index in [0.717, 1.165) is 5.56 Å². The predicted molar refractivity (Wildman–Crippen MR) is 95.3 cm³/mol. The number of hydrogen-bond donors (Lipinski definition) is 1. The highest BCUT2D eigenvalue weighted by Crippen LogP contribution is 2.25. The molecule has 0 atom stereocenters. The minimum atomic E-state index is -0.237. The lowest BCUT2D eigenvalue weighted by Crippen LogP contribution is -2.13. The number of amides is 1. The van der Waals surface area contributed by atoms with Gasteiger partial charge in [0, 0.05) is 24.1 Å². The van der Waals surface area contributed by atoms with Crippen LogP contribution in [-0.2, 0) is 6.54 Å². The molecule has 0 spiro atoms. The van der Waals surface area contributed by atoms with Crippen LogP contribution in [0.25, 0.3) is 0 Å². The van der Waals surface area contributed by atoms with E-state index in [1.807, 2.05) is 41.2 Å². The average molecular weight is 337 g/mol. The van der Waals surface area contributed by atoms with Crippen molar-refractivity contribution in [3.8, 4) is 11.5 Å². The summed E-state index contributed by atoms with van der Waals surface area (Å²) in [7, 11) is 3.09. The standard InChI is InChI=1S/C19H19N3O3/c1-24-16-8-9-17(18(12-16)25-2)19(23)21-15-6-4-14(5-7-15)13-22-11-3-10-20-22/h3-12H,13H2,1-2H3,(H,21,23). The van der Waals surface area contributed by atoms with Crippen LogP contribution in [0.5, 0.6) is 11.5 Å². The molecule has 0 unspecified atom stereocenters. The summed E-state index contributed by atoms with van der Waals surface area (Å²) in [4.78, 5) is 12.5. The summed E-state index contributed by atoms with van der Waals surface area (Å²) in [6.07, 6.45) is 3.66. The molecule has 0 aliphatic rings. The Morgan fingerprint density at radius 1 is 1.12 bits per heavy atom. The topological polar surface area (TPSA) is 65.4 Å². The van der Waals surface area contributed by atoms with Crippen LogP contribution in [0.4, 0.5) is 5.69 Å². The summed E-state index contributed by atoms with van der Waals surface area (Å²) >= 11 is 0. The molecular formula is C19H19N3O3. The lowest BCUT2D eigenvalue weighted by Gasteiger charge is -2.11. The van der Waals surface area contributed by atoms with Gasteiger partial charge in [-0.1, -0.05) is 12.1 Å². The van der Waals surface area contributed by atoms with Crippen LogP contribution < -0.4 is 14.8 Å². The smallest absolute Gasteiger partial charge is 0.259 e. The molecule has 0 bridgehead atoms.